The molecule has 0 atom stereocenters. The Kier molecular flexibility index (Phi) is 5.20. The van der Waals surface area contributed by atoms with Crippen molar-refractivity contribution in [2.75, 3.05) is 6.54 Å². The number of nitrogens with zero attached hydrogens (tertiary/aromatic N) is 2. The van der Waals surface area contributed by atoms with Gasteiger partial charge in [-0.1, -0.05) is 30.0 Å². The lowest BCUT2D eigenvalue weighted by Crippen LogP contribution is -2.23. The Morgan fingerprint density at radius 2 is 1.58 bits per heavy atom. The lowest BCUT2D eigenvalue weighted by atomic mass is 10.1. The molecule has 0 aliphatic rings. The van der Waals surface area contributed by atoms with Crippen LogP contribution in [-0.4, -0.2) is 22.3 Å². The van der Waals surface area contributed by atoms with E-state index in [2.05, 4.69) is 17.2 Å². The molecule has 8 heteroatoms. The number of rotatable bonds is 4. The van der Waals surface area contributed by atoms with E-state index in [4.69, 9.17) is 0 Å². The minimum absolute atomic E-state index is 0.00418. The summed E-state index contributed by atoms with van der Waals surface area (Å²) in [7, 11) is 0. The predicted octanol–water partition coefficient (Wildman–Crippen LogP) is 2.28. The lowest BCUT2D eigenvalue weighted by Gasteiger charge is -2.02. The molecule has 24 heavy (non-hydrogen) atoms. The first-order valence-electron chi connectivity index (χ1n) is 6.73. The third-order valence-electron chi connectivity index (χ3n) is 2.93. The summed E-state index contributed by atoms with van der Waals surface area (Å²) in [5, 5.41) is 24.0. The van der Waals surface area contributed by atoms with Crippen LogP contribution in [0.1, 0.15) is 15.9 Å². The highest BCUT2D eigenvalue weighted by atomic mass is 16.6. The van der Waals surface area contributed by atoms with Gasteiger partial charge in [0.05, 0.1) is 28.0 Å². The average molecular weight is 325 g/mol. The smallest absolute Gasteiger partial charge is 0.277 e. The van der Waals surface area contributed by atoms with E-state index < -0.39 is 27.1 Å². The summed E-state index contributed by atoms with van der Waals surface area (Å²) in [6.07, 6.45) is 0. The van der Waals surface area contributed by atoms with Crippen molar-refractivity contribution in [3.05, 3.63) is 79.9 Å². The van der Waals surface area contributed by atoms with Crippen molar-refractivity contribution < 1.29 is 14.6 Å². The van der Waals surface area contributed by atoms with Gasteiger partial charge in [0.1, 0.15) is 0 Å². The Morgan fingerprint density at radius 3 is 2.12 bits per heavy atom. The molecule has 0 spiro atoms. The zero-order valence-corrected chi connectivity index (χ0v) is 12.3. The largest absolute Gasteiger partial charge is 0.341 e. The van der Waals surface area contributed by atoms with Gasteiger partial charge < -0.3 is 5.32 Å². The third-order valence-corrected chi connectivity index (χ3v) is 2.93. The fraction of sp³-hybridized carbons (Fsp3) is 0.0625. The summed E-state index contributed by atoms with van der Waals surface area (Å²) >= 11 is 0. The zero-order chi connectivity index (χ0) is 17.5. The Bertz CT molecular complexity index is 821. The van der Waals surface area contributed by atoms with E-state index >= 15 is 0 Å². The number of hydrogen-bond acceptors (Lipinski definition) is 5. The molecule has 1 N–H and O–H groups in total. The van der Waals surface area contributed by atoms with Crippen molar-refractivity contribution in [1.82, 2.24) is 5.32 Å². The predicted molar refractivity (Wildman–Crippen MR) is 85.4 cm³/mol. The molecule has 0 aliphatic heterocycles. The molecule has 0 saturated carbocycles. The van der Waals surface area contributed by atoms with Crippen LogP contribution in [0.3, 0.4) is 0 Å². The minimum atomic E-state index is -0.793. The van der Waals surface area contributed by atoms with E-state index in [1.54, 1.807) is 12.1 Å². The summed E-state index contributed by atoms with van der Waals surface area (Å²) < 4.78 is 0. The lowest BCUT2D eigenvalue weighted by molar-refractivity contribution is -0.394. The highest BCUT2D eigenvalue weighted by Crippen LogP contribution is 2.22. The number of carbonyl (C=O) groups is 1. The number of hydrogen-bond donors (Lipinski definition) is 1. The van der Waals surface area contributed by atoms with Crippen LogP contribution in [0.25, 0.3) is 0 Å². The van der Waals surface area contributed by atoms with Gasteiger partial charge >= 0.3 is 0 Å². The maximum absolute atomic E-state index is 12.0. The molecule has 0 heterocycles. The highest BCUT2D eigenvalue weighted by molar-refractivity contribution is 5.95. The Morgan fingerprint density at radius 1 is 1.00 bits per heavy atom. The number of nitrogens with one attached hydrogen (secondary N) is 1. The standard InChI is InChI=1S/C16H11N3O5/c20-16(17-8-4-7-12-5-2-1-3-6-12)13-9-14(18(21)22)11-15(10-13)19(23)24/h1-3,5-6,9-11H,8H2,(H,17,20). The van der Waals surface area contributed by atoms with Crippen LogP contribution in [0.15, 0.2) is 48.5 Å². The first-order chi connectivity index (χ1) is 11.5. The fourth-order valence-corrected chi connectivity index (χ4v) is 1.83. The quantitative estimate of drug-likeness (QED) is 0.526. The van der Waals surface area contributed by atoms with Crippen LogP contribution >= 0.6 is 0 Å². The van der Waals surface area contributed by atoms with Gasteiger partial charge in [0.2, 0.25) is 0 Å². The monoisotopic (exact) mass is 325 g/mol. The SMILES string of the molecule is O=C(NCC#Cc1ccccc1)c1cc([N+](=O)[O-])cc([N+](=O)[O-])c1. The maximum atomic E-state index is 12.0. The Hall–Kier alpha value is -3.73. The van der Waals surface area contributed by atoms with Crippen molar-refractivity contribution in [3.63, 3.8) is 0 Å². The summed E-state index contributed by atoms with van der Waals surface area (Å²) in [5.74, 6) is 4.88. The first kappa shape index (κ1) is 16.6. The minimum Gasteiger partial charge on any atom is -0.341 e. The Balaban J connectivity index is 2.11. The van der Waals surface area contributed by atoms with E-state index in [0.717, 1.165) is 23.8 Å². The molecule has 2 rings (SSSR count). The molecule has 0 saturated heterocycles. The fourth-order valence-electron chi connectivity index (χ4n) is 1.83. The second-order valence-electron chi connectivity index (χ2n) is 4.60. The number of nitro groups is 2. The van der Waals surface area contributed by atoms with Gasteiger partial charge in [-0.2, -0.15) is 0 Å². The van der Waals surface area contributed by atoms with Crippen LogP contribution < -0.4 is 5.32 Å². The number of nitro benzene ring substituents is 2. The number of amides is 1. The van der Waals surface area contributed by atoms with Crippen molar-refractivity contribution in [2.24, 2.45) is 0 Å². The van der Waals surface area contributed by atoms with Gasteiger partial charge in [-0.25, -0.2) is 0 Å². The normalized spacial score (nSPS) is 9.50. The van der Waals surface area contributed by atoms with Crippen LogP contribution in [0.2, 0.25) is 0 Å². The summed E-state index contributed by atoms with van der Waals surface area (Å²) in [6, 6.07) is 11.9. The molecule has 0 aliphatic carbocycles. The molecular weight excluding hydrogens is 314 g/mol. The van der Waals surface area contributed by atoms with Crippen LogP contribution in [-0.2, 0) is 0 Å². The average Bonchev–Trinajstić information content (AvgIpc) is 2.59. The first-order valence-corrected chi connectivity index (χ1v) is 6.73. The van der Waals surface area contributed by atoms with Crippen molar-refractivity contribution in [2.45, 2.75) is 0 Å². The van der Waals surface area contributed by atoms with Crippen LogP contribution in [0.5, 0.6) is 0 Å². The van der Waals surface area contributed by atoms with E-state index in [1.807, 2.05) is 18.2 Å². The topological polar surface area (TPSA) is 115 Å². The molecule has 2 aromatic carbocycles. The van der Waals surface area contributed by atoms with Crippen LogP contribution in [0.4, 0.5) is 11.4 Å². The van der Waals surface area contributed by atoms with Crippen molar-refractivity contribution >= 4 is 17.3 Å². The maximum Gasteiger partial charge on any atom is 0.277 e. The molecular formula is C16H11N3O5. The van der Waals surface area contributed by atoms with Crippen molar-refractivity contribution in [3.8, 4) is 11.8 Å². The van der Waals surface area contributed by atoms with Crippen molar-refractivity contribution in [1.29, 1.82) is 0 Å². The van der Waals surface area contributed by atoms with Crippen LogP contribution in [0, 0.1) is 32.1 Å². The second kappa shape index (κ2) is 7.51. The van der Waals surface area contributed by atoms with Gasteiger partial charge in [0.15, 0.2) is 0 Å². The van der Waals surface area contributed by atoms with Gasteiger partial charge in [-0.3, -0.25) is 25.0 Å². The molecule has 0 unspecified atom stereocenters. The van der Waals surface area contributed by atoms with E-state index in [-0.39, 0.29) is 12.1 Å². The molecule has 1 amide bonds. The Labute approximate surface area is 136 Å². The molecule has 0 fully saturated rings. The summed E-state index contributed by atoms with van der Waals surface area (Å²) in [6.45, 7) is 0.00418. The highest BCUT2D eigenvalue weighted by Gasteiger charge is 2.19. The second-order valence-corrected chi connectivity index (χ2v) is 4.60. The molecule has 0 radical (unpaired) electrons. The van der Waals surface area contributed by atoms with E-state index in [9.17, 15) is 25.0 Å². The number of benzene rings is 2. The van der Waals surface area contributed by atoms with Gasteiger partial charge in [0.25, 0.3) is 17.3 Å². The molecule has 0 bridgehead atoms. The molecule has 8 nitrogen and oxygen atoms in total. The van der Waals surface area contributed by atoms with Gasteiger partial charge in [-0.15, -0.1) is 0 Å². The summed E-state index contributed by atoms with van der Waals surface area (Å²) in [5.41, 5.74) is -0.440. The molecule has 120 valence electrons. The summed E-state index contributed by atoms with van der Waals surface area (Å²) in [4.78, 5) is 32.0. The van der Waals surface area contributed by atoms with E-state index in [0.29, 0.717) is 0 Å². The third kappa shape index (κ3) is 4.38. The molecule has 0 aromatic heterocycles. The zero-order valence-electron chi connectivity index (χ0n) is 12.3. The number of non-ortho nitro benzene ring substituents is 2. The molecule has 2 aromatic rings. The van der Waals surface area contributed by atoms with E-state index in [1.165, 1.54) is 0 Å². The van der Waals surface area contributed by atoms with Gasteiger partial charge in [0, 0.05) is 17.7 Å². The van der Waals surface area contributed by atoms with Gasteiger partial charge in [-0.05, 0) is 12.1 Å². The number of carbonyl (C=O) groups excluding carboxylic acids is 1.